The Labute approximate surface area is 113 Å². The quantitative estimate of drug-likeness (QED) is 0.934. The first-order chi connectivity index (χ1) is 9.40. The van der Waals surface area contributed by atoms with Gasteiger partial charge in [-0.05, 0) is 26.1 Å². The Hall–Kier alpha value is -1.96. The van der Waals surface area contributed by atoms with Crippen LogP contribution in [-0.2, 0) is 12.6 Å². The smallest absolute Gasteiger partial charge is 0.334 e. The van der Waals surface area contributed by atoms with Crippen LogP contribution in [0.1, 0.15) is 18.4 Å². The molecule has 0 saturated heterocycles. The third kappa shape index (κ3) is 3.32. The van der Waals surface area contributed by atoms with Crippen molar-refractivity contribution in [2.24, 2.45) is 0 Å². The van der Waals surface area contributed by atoms with E-state index in [9.17, 15) is 13.2 Å². The summed E-state index contributed by atoms with van der Waals surface area (Å²) < 4.78 is 42.2. The molecule has 1 atom stereocenters. The Morgan fingerprint density at radius 2 is 2.10 bits per heavy atom. The van der Waals surface area contributed by atoms with Gasteiger partial charge in [-0.2, -0.15) is 18.2 Å². The summed E-state index contributed by atoms with van der Waals surface area (Å²) >= 11 is 0. The molecule has 108 valence electrons. The van der Waals surface area contributed by atoms with Crippen molar-refractivity contribution in [1.29, 1.82) is 0 Å². The zero-order valence-electron chi connectivity index (χ0n) is 10.9. The lowest BCUT2D eigenvalue weighted by atomic mass is 10.2. The minimum atomic E-state index is -4.46. The molecule has 0 aliphatic carbocycles. The highest BCUT2D eigenvalue weighted by molar-refractivity contribution is 5.51. The summed E-state index contributed by atoms with van der Waals surface area (Å²) in [5, 5.41) is 6.80. The first-order valence-electron chi connectivity index (χ1n) is 5.93. The molecule has 0 bridgehead atoms. The Bertz CT molecular complexity index is 565. The lowest BCUT2D eigenvalue weighted by molar-refractivity contribution is -0.141. The first-order valence-corrected chi connectivity index (χ1v) is 5.93. The summed E-state index contributed by atoms with van der Waals surface area (Å²) in [6, 6.07) is 2.32. The lowest BCUT2D eigenvalue weighted by Gasteiger charge is -2.05. The van der Waals surface area contributed by atoms with Crippen molar-refractivity contribution in [3.05, 3.63) is 29.8 Å². The highest BCUT2D eigenvalue weighted by Gasteiger charge is 2.32. The minimum Gasteiger partial charge on any atom is -0.334 e. The molecule has 20 heavy (non-hydrogen) atoms. The van der Waals surface area contributed by atoms with Crippen molar-refractivity contribution in [2.45, 2.75) is 25.6 Å². The second-order valence-electron chi connectivity index (χ2n) is 4.34. The number of rotatable bonds is 4. The molecule has 2 heterocycles. The number of likely N-dealkylation sites (N-methyl/N-ethyl adjacent to an activating group) is 1. The molecule has 5 nitrogen and oxygen atoms in total. The maximum Gasteiger partial charge on any atom is 0.433 e. The fourth-order valence-corrected chi connectivity index (χ4v) is 1.52. The minimum absolute atomic E-state index is 0.157. The van der Waals surface area contributed by atoms with E-state index in [2.05, 4.69) is 20.4 Å². The van der Waals surface area contributed by atoms with E-state index < -0.39 is 11.9 Å². The highest BCUT2D eigenvalue weighted by atomic mass is 19.4. The van der Waals surface area contributed by atoms with Crippen molar-refractivity contribution in [3.8, 4) is 11.5 Å². The molecule has 0 spiro atoms. The molecule has 0 aromatic carbocycles. The molecular formula is C12H13F3N4O. The van der Waals surface area contributed by atoms with Crippen LogP contribution < -0.4 is 5.32 Å². The van der Waals surface area contributed by atoms with Gasteiger partial charge in [-0.25, -0.2) is 0 Å². The normalized spacial score (nSPS) is 13.4. The summed E-state index contributed by atoms with van der Waals surface area (Å²) in [5.41, 5.74) is -0.598. The third-order valence-corrected chi connectivity index (χ3v) is 2.75. The van der Waals surface area contributed by atoms with Crippen LogP contribution in [0.5, 0.6) is 0 Å². The van der Waals surface area contributed by atoms with Gasteiger partial charge < -0.3 is 9.84 Å². The highest BCUT2D eigenvalue weighted by Crippen LogP contribution is 2.28. The Morgan fingerprint density at radius 1 is 1.35 bits per heavy atom. The fraction of sp³-hybridized carbons (Fsp3) is 0.417. The van der Waals surface area contributed by atoms with Crippen molar-refractivity contribution in [1.82, 2.24) is 20.4 Å². The van der Waals surface area contributed by atoms with Gasteiger partial charge in [0.25, 0.3) is 5.89 Å². The molecule has 2 aromatic heterocycles. The van der Waals surface area contributed by atoms with Crippen LogP contribution in [0, 0.1) is 0 Å². The number of nitrogens with one attached hydrogen (secondary N) is 1. The Morgan fingerprint density at radius 3 is 2.65 bits per heavy atom. The molecule has 1 unspecified atom stereocenters. The number of pyridine rings is 1. The van der Waals surface area contributed by atoms with E-state index in [1.54, 1.807) is 0 Å². The Balaban J connectivity index is 2.16. The van der Waals surface area contributed by atoms with Crippen LogP contribution >= 0.6 is 0 Å². The summed E-state index contributed by atoms with van der Waals surface area (Å²) in [4.78, 5) is 7.47. The van der Waals surface area contributed by atoms with Crippen LogP contribution in [0.2, 0.25) is 0 Å². The monoisotopic (exact) mass is 286 g/mol. The standard InChI is InChI=1S/C12H13F3N4O/c1-7(16-2)5-10-18-11(20-19-10)8-3-4-9(17-6-8)12(13,14)15/h3-4,6-7,16H,5H2,1-2H3. The zero-order valence-corrected chi connectivity index (χ0v) is 10.9. The molecule has 2 rings (SSSR count). The molecule has 8 heteroatoms. The number of aromatic nitrogens is 3. The van der Waals surface area contributed by atoms with Crippen molar-refractivity contribution >= 4 is 0 Å². The SMILES string of the molecule is CNC(C)Cc1noc(-c2ccc(C(F)(F)F)nc2)n1. The summed E-state index contributed by atoms with van der Waals surface area (Å²) in [7, 11) is 1.81. The number of nitrogens with zero attached hydrogens (tertiary/aromatic N) is 3. The Kier molecular flexibility index (Phi) is 4.03. The van der Waals surface area contributed by atoms with Crippen molar-refractivity contribution in [3.63, 3.8) is 0 Å². The van der Waals surface area contributed by atoms with E-state index in [1.165, 1.54) is 6.07 Å². The maximum atomic E-state index is 12.4. The number of hydrogen-bond acceptors (Lipinski definition) is 5. The summed E-state index contributed by atoms with van der Waals surface area (Å²) in [5.74, 6) is 0.645. The van der Waals surface area contributed by atoms with Gasteiger partial charge in [-0.1, -0.05) is 5.16 Å². The second-order valence-corrected chi connectivity index (χ2v) is 4.34. The van der Waals surface area contributed by atoms with Gasteiger partial charge in [0.15, 0.2) is 5.82 Å². The third-order valence-electron chi connectivity index (χ3n) is 2.75. The number of hydrogen-bond donors (Lipinski definition) is 1. The molecule has 2 aromatic rings. The molecule has 0 fully saturated rings. The van der Waals surface area contributed by atoms with E-state index in [1.807, 2.05) is 14.0 Å². The molecule has 0 radical (unpaired) electrons. The van der Waals surface area contributed by atoms with E-state index >= 15 is 0 Å². The largest absolute Gasteiger partial charge is 0.433 e. The predicted octanol–water partition coefficient (Wildman–Crippen LogP) is 2.30. The van der Waals surface area contributed by atoms with Crippen molar-refractivity contribution < 1.29 is 17.7 Å². The molecular weight excluding hydrogens is 273 g/mol. The zero-order chi connectivity index (χ0) is 14.8. The summed E-state index contributed by atoms with van der Waals surface area (Å²) in [6.07, 6.45) is -2.82. The van der Waals surface area contributed by atoms with Crippen LogP contribution in [0.25, 0.3) is 11.5 Å². The van der Waals surface area contributed by atoms with E-state index in [0.29, 0.717) is 17.8 Å². The summed E-state index contributed by atoms with van der Waals surface area (Å²) in [6.45, 7) is 1.95. The van der Waals surface area contributed by atoms with Gasteiger partial charge in [0.05, 0.1) is 5.56 Å². The molecule has 0 aliphatic rings. The van der Waals surface area contributed by atoms with Gasteiger partial charge in [-0.3, -0.25) is 4.98 Å². The second kappa shape index (κ2) is 5.58. The van der Waals surface area contributed by atoms with Gasteiger partial charge in [0.2, 0.25) is 0 Å². The van der Waals surface area contributed by atoms with Gasteiger partial charge in [0, 0.05) is 18.7 Å². The van der Waals surface area contributed by atoms with Gasteiger partial charge in [0.1, 0.15) is 5.69 Å². The molecule has 0 amide bonds. The van der Waals surface area contributed by atoms with Gasteiger partial charge >= 0.3 is 6.18 Å². The fourth-order valence-electron chi connectivity index (χ4n) is 1.52. The van der Waals surface area contributed by atoms with Gasteiger partial charge in [-0.15, -0.1) is 0 Å². The average Bonchev–Trinajstić information content (AvgIpc) is 2.86. The van der Waals surface area contributed by atoms with E-state index in [0.717, 1.165) is 12.3 Å². The number of alkyl halides is 3. The molecule has 0 saturated carbocycles. The van der Waals surface area contributed by atoms with Crippen LogP contribution in [0.3, 0.4) is 0 Å². The van der Waals surface area contributed by atoms with Crippen LogP contribution in [-0.4, -0.2) is 28.2 Å². The first kappa shape index (κ1) is 14.4. The molecule has 1 N–H and O–H groups in total. The van der Waals surface area contributed by atoms with Crippen LogP contribution in [0.15, 0.2) is 22.9 Å². The molecule has 0 aliphatic heterocycles. The van der Waals surface area contributed by atoms with E-state index in [4.69, 9.17) is 4.52 Å². The predicted molar refractivity (Wildman–Crippen MR) is 64.8 cm³/mol. The maximum absolute atomic E-state index is 12.4. The number of halogens is 3. The lowest BCUT2D eigenvalue weighted by Crippen LogP contribution is -2.24. The van der Waals surface area contributed by atoms with Crippen LogP contribution in [0.4, 0.5) is 13.2 Å². The van der Waals surface area contributed by atoms with Crippen molar-refractivity contribution in [2.75, 3.05) is 7.05 Å². The average molecular weight is 286 g/mol. The van der Waals surface area contributed by atoms with E-state index in [-0.39, 0.29) is 11.9 Å². The topological polar surface area (TPSA) is 63.8 Å².